The van der Waals surface area contributed by atoms with Gasteiger partial charge in [-0.2, -0.15) is 0 Å². The molecule has 0 aliphatic heterocycles. The van der Waals surface area contributed by atoms with Crippen molar-refractivity contribution >= 4 is 11.3 Å². The molecule has 0 saturated heterocycles. The van der Waals surface area contributed by atoms with Crippen LogP contribution in [0.2, 0.25) is 0 Å². The van der Waals surface area contributed by atoms with E-state index in [4.69, 9.17) is 5.73 Å². The number of nitrogens with two attached hydrogens (primary N) is 1. The van der Waals surface area contributed by atoms with Crippen molar-refractivity contribution in [1.82, 2.24) is 4.90 Å². The van der Waals surface area contributed by atoms with Gasteiger partial charge < -0.3 is 5.73 Å². The van der Waals surface area contributed by atoms with Crippen molar-refractivity contribution in [3.05, 3.63) is 22.4 Å². The monoisotopic (exact) mass is 240 g/mol. The average Bonchev–Trinajstić information content (AvgIpc) is 2.75. The van der Waals surface area contributed by atoms with Crippen molar-refractivity contribution in [2.45, 2.75) is 45.7 Å². The summed E-state index contributed by atoms with van der Waals surface area (Å²) in [6, 6.07) is 4.70. The number of hydrogen-bond donors (Lipinski definition) is 1. The molecule has 1 unspecified atom stereocenters. The highest BCUT2D eigenvalue weighted by molar-refractivity contribution is 7.09. The Balaban J connectivity index is 2.17. The number of rotatable bonds is 8. The van der Waals surface area contributed by atoms with Crippen LogP contribution in [-0.4, -0.2) is 24.0 Å². The van der Waals surface area contributed by atoms with Gasteiger partial charge in [-0.05, 0) is 44.3 Å². The first-order valence-corrected chi connectivity index (χ1v) is 7.10. The van der Waals surface area contributed by atoms with Crippen LogP contribution >= 0.6 is 11.3 Å². The Kier molecular flexibility index (Phi) is 6.69. The Morgan fingerprint density at radius 1 is 1.44 bits per heavy atom. The van der Waals surface area contributed by atoms with Gasteiger partial charge in [0.05, 0.1) is 0 Å². The highest BCUT2D eigenvalue weighted by Gasteiger charge is 2.04. The molecular formula is C13H24N2S. The molecule has 3 heteroatoms. The summed E-state index contributed by atoms with van der Waals surface area (Å²) in [5.74, 6) is 0. The van der Waals surface area contributed by atoms with Crippen LogP contribution in [0.3, 0.4) is 0 Å². The van der Waals surface area contributed by atoms with Gasteiger partial charge >= 0.3 is 0 Å². The maximum Gasteiger partial charge on any atom is 0.0327 e. The standard InChI is InChI=1S/C13H24N2S/c1-3-15(9-5-4-7-12(2)14)11-13-8-6-10-16-13/h6,8,10,12H,3-5,7,9,11,14H2,1-2H3. The molecule has 1 aromatic rings. The van der Waals surface area contributed by atoms with E-state index in [1.165, 1.54) is 24.3 Å². The molecule has 1 aromatic heterocycles. The van der Waals surface area contributed by atoms with Crippen LogP contribution in [0.15, 0.2) is 17.5 Å². The molecule has 2 N–H and O–H groups in total. The van der Waals surface area contributed by atoms with Crippen LogP contribution in [0.25, 0.3) is 0 Å². The summed E-state index contributed by atoms with van der Waals surface area (Å²) in [5, 5.41) is 2.15. The lowest BCUT2D eigenvalue weighted by atomic mass is 10.1. The Bertz CT molecular complexity index is 257. The Labute approximate surface area is 103 Å². The number of thiophene rings is 1. The molecule has 0 aromatic carbocycles. The third kappa shape index (κ3) is 5.64. The van der Waals surface area contributed by atoms with Gasteiger partial charge in [-0.15, -0.1) is 11.3 Å². The molecule has 2 nitrogen and oxygen atoms in total. The summed E-state index contributed by atoms with van der Waals surface area (Å²) < 4.78 is 0. The van der Waals surface area contributed by atoms with E-state index in [1.807, 2.05) is 11.3 Å². The van der Waals surface area contributed by atoms with E-state index in [0.29, 0.717) is 6.04 Å². The van der Waals surface area contributed by atoms with Crippen LogP contribution in [-0.2, 0) is 6.54 Å². The van der Waals surface area contributed by atoms with Crippen LogP contribution in [0.4, 0.5) is 0 Å². The molecule has 0 bridgehead atoms. The molecule has 1 atom stereocenters. The quantitative estimate of drug-likeness (QED) is 0.708. The molecule has 0 aliphatic rings. The lowest BCUT2D eigenvalue weighted by Crippen LogP contribution is -2.24. The van der Waals surface area contributed by atoms with Gasteiger partial charge in [-0.1, -0.05) is 19.4 Å². The van der Waals surface area contributed by atoms with E-state index in [1.54, 1.807) is 0 Å². The lowest BCUT2D eigenvalue weighted by molar-refractivity contribution is 0.274. The predicted molar refractivity (Wildman–Crippen MR) is 72.8 cm³/mol. The Morgan fingerprint density at radius 3 is 2.81 bits per heavy atom. The zero-order valence-electron chi connectivity index (χ0n) is 10.5. The van der Waals surface area contributed by atoms with E-state index >= 15 is 0 Å². The topological polar surface area (TPSA) is 29.3 Å². The molecular weight excluding hydrogens is 216 g/mol. The molecule has 0 amide bonds. The van der Waals surface area contributed by atoms with Gasteiger partial charge in [0.1, 0.15) is 0 Å². The van der Waals surface area contributed by atoms with E-state index in [9.17, 15) is 0 Å². The summed E-state index contributed by atoms with van der Waals surface area (Å²) >= 11 is 1.85. The Morgan fingerprint density at radius 2 is 2.25 bits per heavy atom. The molecule has 0 radical (unpaired) electrons. The van der Waals surface area contributed by atoms with Crippen molar-refractivity contribution in [1.29, 1.82) is 0 Å². The molecule has 1 rings (SSSR count). The second kappa shape index (κ2) is 7.82. The van der Waals surface area contributed by atoms with E-state index in [2.05, 4.69) is 36.3 Å². The first kappa shape index (κ1) is 13.7. The van der Waals surface area contributed by atoms with Gasteiger partial charge in [0, 0.05) is 17.5 Å². The number of hydrogen-bond acceptors (Lipinski definition) is 3. The summed E-state index contributed by atoms with van der Waals surface area (Å²) in [6.07, 6.45) is 3.66. The van der Waals surface area contributed by atoms with E-state index in [-0.39, 0.29) is 0 Å². The maximum absolute atomic E-state index is 5.74. The summed E-state index contributed by atoms with van der Waals surface area (Å²) in [4.78, 5) is 3.97. The minimum Gasteiger partial charge on any atom is -0.328 e. The van der Waals surface area contributed by atoms with Crippen molar-refractivity contribution in [3.63, 3.8) is 0 Å². The summed E-state index contributed by atoms with van der Waals surface area (Å²) in [5.41, 5.74) is 5.74. The van der Waals surface area contributed by atoms with Crippen molar-refractivity contribution < 1.29 is 0 Å². The van der Waals surface area contributed by atoms with Crippen LogP contribution in [0.5, 0.6) is 0 Å². The maximum atomic E-state index is 5.74. The SMILES string of the molecule is CCN(CCCCC(C)N)Cc1cccs1. The number of unbranched alkanes of at least 4 members (excludes halogenated alkanes) is 1. The third-order valence-electron chi connectivity index (χ3n) is 2.79. The van der Waals surface area contributed by atoms with Crippen LogP contribution in [0.1, 0.15) is 38.0 Å². The highest BCUT2D eigenvalue weighted by Crippen LogP contribution is 2.12. The summed E-state index contributed by atoms with van der Waals surface area (Å²) in [6.45, 7) is 7.76. The van der Waals surface area contributed by atoms with Crippen LogP contribution in [0, 0.1) is 0 Å². The first-order valence-electron chi connectivity index (χ1n) is 6.22. The summed E-state index contributed by atoms with van der Waals surface area (Å²) in [7, 11) is 0. The fourth-order valence-electron chi connectivity index (χ4n) is 1.77. The second-order valence-corrected chi connectivity index (χ2v) is 5.45. The van der Waals surface area contributed by atoms with Gasteiger partial charge in [-0.3, -0.25) is 4.90 Å². The fourth-order valence-corrected chi connectivity index (χ4v) is 2.52. The molecule has 0 spiro atoms. The van der Waals surface area contributed by atoms with Crippen molar-refractivity contribution in [2.75, 3.05) is 13.1 Å². The highest BCUT2D eigenvalue weighted by atomic mass is 32.1. The average molecular weight is 240 g/mol. The molecule has 1 heterocycles. The van der Waals surface area contributed by atoms with Gasteiger partial charge in [-0.25, -0.2) is 0 Å². The lowest BCUT2D eigenvalue weighted by Gasteiger charge is -2.19. The fraction of sp³-hybridized carbons (Fsp3) is 0.692. The molecule has 0 fully saturated rings. The zero-order valence-corrected chi connectivity index (χ0v) is 11.3. The number of nitrogens with zero attached hydrogens (tertiary/aromatic N) is 1. The molecule has 16 heavy (non-hydrogen) atoms. The smallest absolute Gasteiger partial charge is 0.0327 e. The van der Waals surface area contributed by atoms with Gasteiger partial charge in [0.25, 0.3) is 0 Å². The molecule has 0 saturated carbocycles. The minimum atomic E-state index is 0.354. The van der Waals surface area contributed by atoms with E-state index < -0.39 is 0 Å². The van der Waals surface area contributed by atoms with Gasteiger partial charge in [0.2, 0.25) is 0 Å². The zero-order chi connectivity index (χ0) is 11.8. The second-order valence-electron chi connectivity index (χ2n) is 4.42. The predicted octanol–water partition coefficient (Wildman–Crippen LogP) is 3.09. The largest absolute Gasteiger partial charge is 0.328 e. The molecule has 92 valence electrons. The normalized spacial score (nSPS) is 13.2. The first-order chi connectivity index (χ1) is 7.72. The van der Waals surface area contributed by atoms with Crippen molar-refractivity contribution in [2.24, 2.45) is 5.73 Å². The minimum absolute atomic E-state index is 0.354. The molecule has 0 aliphatic carbocycles. The van der Waals surface area contributed by atoms with Crippen LogP contribution < -0.4 is 5.73 Å². The van der Waals surface area contributed by atoms with Gasteiger partial charge in [0.15, 0.2) is 0 Å². The van der Waals surface area contributed by atoms with Crippen molar-refractivity contribution in [3.8, 4) is 0 Å². The third-order valence-corrected chi connectivity index (χ3v) is 3.65. The Hall–Kier alpha value is -0.380. The van der Waals surface area contributed by atoms with E-state index in [0.717, 1.165) is 19.5 Å².